The lowest BCUT2D eigenvalue weighted by molar-refractivity contribution is -0.0664. The Bertz CT molecular complexity index is 5820. The van der Waals surface area contributed by atoms with E-state index >= 15 is 0 Å². The summed E-state index contributed by atoms with van der Waals surface area (Å²) in [6.07, 6.45) is 6.08. The van der Waals surface area contributed by atoms with Gasteiger partial charge < -0.3 is 149 Å². The van der Waals surface area contributed by atoms with Crippen LogP contribution in [0, 0.1) is 0 Å². The summed E-state index contributed by atoms with van der Waals surface area (Å²) in [5.74, 6) is 1.84. The number of ether oxygens (including phenoxy) is 22. The van der Waals surface area contributed by atoms with Gasteiger partial charge in [0, 0.05) is 106 Å². The Morgan fingerprint density at radius 1 is 0.311 bits per heavy atom. The molecule has 6 aliphatic heterocycles. The number of aliphatic hydroxyl groups excluding tert-OH is 2. The summed E-state index contributed by atoms with van der Waals surface area (Å²) in [6.45, 7) is 8.64. The van der Waals surface area contributed by atoms with Gasteiger partial charge in [-0.05, 0) is 38.8 Å². The molecule has 0 bridgehead atoms. The zero-order valence-corrected chi connectivity index (χ0v) is 79.6. The Balaban J connectivity index is 0.000000137. The van der Waals surface area contributed by atoms with Crippen molar-refractivity contribution >= 4 is 134 Å². The van der Waals surface area contributed by atoms with Gasteiger partial charge in [-0.15, -0.1) is 6.58 Å². The number of aliphatic hydroxyl groups is 2. The van der Waals surface area contributed by atoms with E-state index in [2.05, 4.69) is 128 Å². The molecule has 0 spiro atoms. The Morgan fingerprint density at radius 2 is 0.548 bits per heavy atom. The van der Waals surface area contributed by atoms with E-state index in [1.165, 1.54) is 52.2 Å². The van der Waals surface area contributed by atoms with Gasteiger partial charge in [0.25, 0.3) is 0 Å². The molecule has 135 heavy (non-hydrogen) atoms. The quantitative estimate of drug-likeness (QED) is 0.0222. The summed E-state index contributed by atoms with van der Waals surface area (Å²) in [4.78, 5) is 74.7. The lowest BCUT2D eigenvalue weighted by atomic mass is 10.1. The minimum Gasteiger partial charge on any atom is -0.387 e. The van der Waals surface area contributed by atoms with Crippen molar-refractivity contribution in [3.05, 3.63) is 85.4 Å². The fraction of sp³-hybridized carbons (Fsp3) is 0.595. The first-order valence-electron chi connectivity index (χ1n) is 41.8. The second-order valence-electron chi connectivity index (χ2n) is 30.4. The van der Waals surface area contributed by atoms with Gasteiger partial charge in [0.15, 0.2) is 127 Å². The van der Waals surface area contributed by atoms with Crippen LogP contribution in [-0.2, 0) is 104 Å². The number of nitrogens with two attached hydrogens (primary N) is 6. The van der Waals surface area contributed by atoms with Crippen LogP contribution in [0.15, 0.2) is 85.4 Å². The Labute approximate surface area is 787 Å². The van der Waals surface area contributed by atoms with E-state index in [1.54, 1.807) is 144 Å². The number of methoxy groups -OCH3 is 14. The second kappa shape index (κ2) is 47.3. The minimum absolute atomic E-state index is 0.244. The molecule has 6 saturated heterocycles. The number of anilines is 6. The predicted molar refractivity (Wildman–Crippen MR) is 482 cm³/mol. The largest absolute Gasteiger partial charge is 0.387 e. The van der Waals surface area contributed by atoms with E-state index in [0.29, 0.717) is 145 Å². The van der Waals surface area contributed by atoms with Crippen LogP contribution in [0.4, 0.5) is 34.9 Å². The summed E-state index contributed by atoms with van der Waals surface area (Å²) < 4.78 is 135. The van der Waals surface area contributed by atoms with Crippen molar-refractivity contribution in [3.8, 4) is 0 Å². The van der Waals surface area contributed by atoms with E-state index in [0.717, 1.165) is 0 Å². The number of nitrogens with zero attached hydrogens (tertiary/aromatic N) is 24. The SMILES string of the molecule is C=CCOC1[C@@H](COC)O[C@@H](n2cnc3c(N)ncnc32)[C@H]1OC.CCOC1[C@@H](COC)O[C@@H](n2cnc3c(N)ncnc32)[C@H]1OC.COC[C@H]1O[C@@H](n2c(Br)nc3c(N)ncnc32)[C@@H](OC)C1O.COC[C@H]1O[C@@H](n2c(Br)nc3c(N)ncnc32)[C@@H](OC)C1OC.COC[C@H]1O[C@@H](n2cnc3c(N)ncnc32)[C@@H](OC)C1O.COC[C@H]1O[C@@H](n2cnc3c(N)ncnc32)[C@@H](OC)C1OC. The topological polar surface area (TPSA) is 661 Å². The van der Waals surface area contributed by atoms with Crippen molar-refractivity contribution in [2.24, 2.45) is 0 Å². The first kappa shape index (κ1) is 102. The molecule has 0 saturated carbocycles. The van der Waals surface area contributed by atoms with Crippen molar-refractivity contribution in [1.29, 1.82) is 0 Å². The van der Waals surface area contributed by atoms with Gasteiger partial charge in [-0.1, -0.05) is 6.08 Å². The number of imidazole rings is 6. The lowest BCUT2D eigenvalue weighted by Gasteiger charge is -2.23. The second-order valence-corrected chi connectivity index (χ2v) is 31.8. The average molecular weight is 2030 g/mol. The highest BCUT2D eigenvalue weighted by Crippen LogP contribution is 2.43. The maximum atomic E-state index is 10.3. The standard InChI is InChI=1S/C15H21N5O4.C14H21N5O4.C13H18BrN5O4.C13H19N5O4.C12H16BrN5O4.C12H17N5O4/c1-4-5-23-11-9(6-21-2)24-15(12(11)22-3)20-8-19-10-13(16)17-7-18-14(10)20;1-4-22-10-8(5-20-2)23-14(11(10)21-3)19-7-18-9-12(15)16-6-17-13(9)19;1-20-4-6-8(21-2)9(22-3)12(23-6)19-11-7(18-13(19)14)10(15)16-5-17-11;1-19-4-7-9(20-2)10(21-3)13(22-7)18-6-17-8-11(14)15-5-16-12(8)18;1-20-3-5-7(19)8(21-2)11(22-5)18-10-6(17-12(18)13)9(14)15-4-16-10;1-19-3-6-8(18)9(20-2)12(21-6)17-5-16-7-10(13)14-4-15-11(7)17/h4,7-9,11-12,15H,1,5-6H2,2-3H3,(H2,16,17,18);6-8,10-11,14H,4-5H2,1-3H3,(H2,15,16,17);5-6,8-9,12H,4H2,1-3H3,(H2,15,16,17);5-7,9-10,13H,4H2,1-3H3,(H2,14,15,16);4-5,7-8,11,19H,3H2,1-2H3,(H2,14,15,16);4-6,8-9,12,18H,3H2,1-2H3,(H2,13,14,15)/t9-,11?,12+,15-;8-,10?,11+,14-;6-,8?,9+,12-;7-,9?,10+,13-;5-,7?,8+,11-;6-,8?,9+,12-/m111111/s1. The summed E-state index contributed by atoms with van der Waals surface area (Å²) in [7, 11) is 22.3. The number of nitrogen functional groups attached to an aromatic ring is 6. The van der Waals surface area contributed by atoms with E-state index in [4.69, 9.17) is 139 Å². The van der Waals surface area contributed by atoms with Crippen LogP contribution in [-0.4, -0.2) is 390 Å². The third kappa shape index (κ3) is 21.1. The van der Waals surface area contributed by atoms with Crippen LogP contribution in [0.5, 0.6) is 0 Å². The molecule has 0 amide bonds. The Hall–Kier alpha value is -10.2. The van der Waals surface area contributed by atoms with Crippen LogP contribution < -0.4 is 34.4 Å². The molecule has 6 fully saturated rings. The molecule has 18 heterocycles. The summed E-state index contributed by atoms with van der Waals surface area (Å²) >= 11 is 6.80. The smallest absolute Gasteiger partial charge is 0.181 e. The molecule has 14 N–H and O–H groups in total. The predicted octanol–water partition coefficient (Wildman–Crippen LogP) is 1.06. The van der Waals surface area contributed by atoms with Crippen molar-refractivity contribution < 1.29 is 114 Å². The number of halogens is 2. The zero-order valence-electron chi connectivity index (χ0n) is 76.4. The van der Waals surface area contributed by atoms with Crippen molar-refractivity contribution in [2.75, 3.05) is 187 Å². The molecule has 0 radical (unpaired) electrons. The molecule has 54 nitrogen and oxygen atoms in total. The number of rotatable bonds is 31. The summed E-state index contributed by atoms with van der Waals surface area (Å²) in [5.41, 5.74) is 41.3. The minimum atomic E-state index is -0.835. The van der Waals surface area contributed by atoms with Gasteiger partial charge in [0.1, 0.15) is 170 Å². The highest BCUT2D eigenvalue weighted by molar-refractivity contribution is 9.10. The molecule has 12 aromatic heterocycles. The van der Waals surface area contributed by atoms with Gasteiger partial charge in [-0.3, -0.25) is 27.4 Å². The van der Waals surface area contributed by atoms with Crippen LogP contribution in [0.1, 0.15) is 44.3 Å². The molecule has 6 unspecified atom stereocenters. The highest BCUT2D eigenvalue weighted by Gasteiger charge is 2.53. The number of fused-ring (bicyclic) bond motifs is 6. The van der Waals surface area contributed by atoms with Crippen molar-refractivity contribution in [1.82, 2.24) is 117 Å². The van der Waals surface area contributed by atoms with Crippen molar-refractivity contribution in [3.63, 3.8) is 0 Å². The molecule has 736 valence electrons. The van der Waals surface area contributed by atoms with E-state index in [-0.39, 0.29) is 92.3 Å². The first-order valence-corrected chi connectivity index (χ1v) is 43.4. The molecular weight excluding hydrogens is 1910 g/mol. The number of hydrogen-bond donors (Lipinski definition) is 8. The molecule has 12 aromatic rings. The molecule has 6 aliphatic rings. The highest BCUT2D eigenvalue weighted by atomic mass is 79.9. The summed E-state index contributed by atoms with van der Waals surface area (Å²) in [6, 6.07) is 0. The fourth-order valence-corrected chi connectivity index (χ4v) is 17.8. The van der Waals surface area contributed by atoms with Gasteiger partial charge in [-0.25, -0.2) is 89.7 Å². The Kier molecular flexibility index (Phi) is 35.8. The lowest BCUT2D eigenvalue weighted by Crippen LogP contribution is -2.37. The van der Waals surface area contributed by atoms with Crippen LogP contribution in [0.2, 0.25) is 0 Å². The van der Waals surface area contributed by atoms with E-state index in [1.807, 2.05) is 6.92 Å². The van der Waals surface area contributed by atoms with Crippen LogP contribution in [0.3, 0.4) is 0 Å². The fourth-order valence-electron chi connectivity index (χ4n) is 16.7. The van der Waals surface area contributed by atoms with E-state index in [9.17, 15) is 10.2 Å². The maximum absolute atomic E-state index is 10.3. The van der Waals surface area contributed by atoms with Crippen molar-refractivity contribution in [2.45, 2.75) is 154 Å². The van der Waals surface area contributed by atoms with Gasteiger partial charge in [-0.2, -0.15) is 0 Å². The molecular formula is C79H112Br2N30O24. The molecule has 0 aliphatic carbocycles. The first-order chi connectivity index (χ1) is 65.5. The summed E-state index contributed by atoms with van der Waals surface area (Å²) in [5, 5.41) is 20.6. The maximum Gasteiger partial charge on any atom is 0.181 e. The van der Waals surface area contributed by atoms with Gasteiger partial charge in [0.05, 0.1) is 71.6 Å². The number of aromatic nitrogens is 24. The van der Waals surface area contributed by atoms with E-state index < -0.39 is 74.0 Å². The Morgan fingerprint density at radius 3 is 0.852 bits per heavy atom. The van der Waals surface area contributed by atoms with Crippen LogP contribution in [0.25, 0.3) is 67.0 Å². The third-order valence-corrected chi connectivity index (χ3v) is 23.9. The monoisotopic (exact) mass is 2020 g/mol. The van der Waals surface area contributed by atoms with Gasteiger partial charge in [0.2, 0.25) is 0 Å². The number of hydrogen-bond acceptors (Lipinski definition) is 48. The van der Waals surface area contributed by atoms with Crippen LogP contribution >= 0.6 is 31.9 Å². The molecule has 0 aromatic carbocycles. The van der Waals surface area contributed by atoms with Gasteiger partial charge >= 0.3 is 0 Å². The molecule has 24 atom stereocenters. The molecule has 18 rings (SSSR count). The molecule has 56 heteroatoms. The third-order valence-electron chi connectivity index (χ3n) is 22.8. The normalized spacial score (nSPS) is 28.1. The zero-order chi connectivity index (χ0) is 96.6. The average Bonchev–Trinajstić information content (AvgIpc) is 1.62.